The molecule has 2 rings (SSSR count). The molecule has 1 aliphatic heterocycles. The second-order valence-corrected chi connectivity index (χ2v) is 6.00. The van der Waals surface area contributed by atoms with Crippen molar-refractivity contribution in [2.75, 3.05) is 11.9 Å². The number of nitrogens with one attached hydrogen (secondary N) is 1. The van der Waals surface area contributed by atoms with Crippen molar-refractivity contribution in [3.05, 3.63) is 29.8 Å². The van der Waals surface area contributed by atoms with Gasteiger partial charge in [-0.3, -0.25) is 24.0 Å². The lowest BCUT2D eigenvalue weighted by atomic mass is 10.1. The smallest absolute Gasteiger partial charge is 0.320 e. The Kier molecular flexibility index (Phi) is 16.2. The molecule has 0 unspecified atom stereocenters. The first-order chi connectivity index (χ1) is 13.7. The number of amides is 1. The number of carboxylic acids is 1. The fraction of sp³-hybridized carbons (Fsp3) is 0.421. The summed E-state index contributed by atoms with van der Waals surface area (Å²) in [5, 5.41) is 10.9. The SMILES string of the molecule is CC(=O)Nc1ccc(C=O)cc1.N.NCCCC[C@H](N)C(=O)O.O=C1CCC(=O)O1. The van der Waals surface area contributed by atoms with E-state index in [1.807, 2.05) is 0 Å². The van der Waals surface area contributed by atoms with Gasteiger partial charge in [-0.1, -0.05) is 6.42 Å². The zero-order valence-corrected chi connectivity index (χ0v) is 17.0. The van der Waals surface area contributed by atoms with Gasteiger partial charge in [0.15, 0.2) is 0 Å². The minimum absolute atomic E-state index is 0. The van der Waals surface area contributed by atoms with Crippen LogP contribution >= 0.6 is 0 Å². The molecular formula is C19H30N4O7. The maximum absolute atomic E-state index is 10.6. The van der Waals surface area contributed by atoms with Gasteiger partial charge in [0.2, 0.25) is 5.91 Å². The normalized spacial score (nSPS) is 12.6. The Morgan fingerprint density at radius 3 is 2.03 bits per heavy atom. The van der Waals surface area contributed by atoms with Crippen LogP contribution in [-0.2, 0) is 23.9 Å². The van der Waals surface area contributed by atoms with Crippen molar-refractivity contribution in [1.29, 1.82) is 0 Å². The van der Waals surface area contributed by atoms with Gasteiger partial charge in [0.1, 0.15) is 12.3 Å². The molecule has 1 fully saturated rings. The maximum Gasteiger partial charge on any atom is 0.320 e. The fourth-order valence-corrected chi connectivity index (χ4v) is 1.91. The first-order valence-electron chi connectivity index (χ1n) is 8.94. The van der Waals surface area contributed by atoms with E-state index in [0.717, 1.165) is 19.1 Å². The summed E-state index contributed by atoms with van der Waals surface area (Å²) in [5.74, 6) is -1.85. The van der Waals surface area contributed by atoms with Gasteiger partial charge in [0.05, 0.1) is 12.8 Å². The second-order valence-electron chi connectivity index (χ2n) is 6.00. The monoisotopic (exact) mass is 426 g/mol. The molecule has 1 aromatic carbocycles. The van der Waals surface area contributed by atoms with E-state index in [9.17, 15) is 24.0 Å². The Morgan fingerprint density at radius 1 is 1.17 bits per heavy atom. The standard InChI is InChI=1S/C9H9NO2.C6H14N2O2.C4H4O3.H3N/c1-7(12)10-9-4-2-8(6-11)3-5-9;7-4-2-1-3-5(8)6(9)10;5-3-1-2-4(6)7-3;/h2-6H,1H3,(H,10,12);5H,1-4,7-8H2,(H,9,10);1-2H2;1H3/t;5-;;/m.0../s1. The summed E-state index contributed by atoms with van der Waals surface area (Å²) in [5.41, 5.74) is 11.7. The lowest BCUT2D eigenvalue weighted by Gasteiger charge is -2.03. The molecule has 1 atom stereocenters. The predicted octanol–water partition coefficient (Wildman–Crippen LogP) is 0.997. The number of nitrogens with two attached hydrogens (primary N) is 2. The number of aldehydes is 1. The van der Waals surface area contributed by atoms with Gasteiger partial charge in [0.25, 0.3) is 0 Å². The molecule has 0 saturated carbocycles. The van der Waals surface area contributed by atoms with Crippen molar-refractivity contribution in [3.8, 4) is 0 Å². The molecule has 11 nitrogen and oxygen atoms in total. The molecule has 0 aromatic heterocycles. The summed E-state index contributed by atoms with van der Waals surface area (Å²) in [7, 11) is 0. The predicted molar refractivity (Wildman–Crippen MR) is 110 cm³/mol. The van der Waals surface area contributed by atoms with Crippen LogP contribution in [0.25, 0.3) is 0 Å². The minimum atomic E-state index is -0.933. The molecular weight excluding hydrogens is 396 g/mol. The molecule has 30 heavy (non-hydrogen) atoms. The van der Waals surface area contributed by atoms with E-state index in [1.165, 1.54) is 6.92 Å². The Bertz CT molecular complexity index is 679. The van der Waals surface area contributed by atoms with Crippen LogP contribution in [0.3, 0.4) is 0 Å². The van der Waals surface area contributed by atoms with Crippen LogP contribution in [0.1, 0.15) is 49.4 Å². The van der Waals surface area contributed by atoms with Gasteiger partial charge >= 0.3 is 17.9 Å². The molecule has 1 aromatic rings. The van der Waals surface area contributed by atoms with Crippen LogP contribution in [0.4, 0.5) is 5.69 Å². The number of esters is 2. The molecule has 9 N–H and O–H groups in total. The second kappa shape index (κ2) is 16.8. The van der Waals surface area contributed by atoms with Crippen LogP contribution in [0.15, 0.2) is 24.3 Å². The van der Waals surface area contributed by atoms with Crippen LogP contribution in [-0.4, -0.2) is 47.8 Å². The van der Waals surface area contributed by atoms with Gasteiger partial charge in [-0.15, -0.1) is 0 Å². The summed E-state index contributed by atoms with van der Waals surface area (Å²) in [6.45, 7) is 2.04. The van der Waals surface area contributed by atoms with Gasteiger partial charge in [-0.25, -0.2) is 0 Å². The van der Waals surface area contributed by atoms with Crippen molar-refractivity contribution in [1.82, 2.24) is 6.15 Å². The van der Waals surface area contributed by atoms with Crippen LogP contribution < -0.4 is 22.9 Å². The number of carbonyl (C=O) groups excluding carboxylic acids is 4. The van der Waals surface area contributed by atoms with Crippen molar-refractivity contribution in [3.63, 3.8) is 0 Å². The van der Waals surface area contributed by atoms with Gasteiger partial charge in [0, 0.05) is 18.2 Å². The van der Waals surface area contributed by atoms with E-state index in [1.54, 1.807) is 24.3 Å². The number of unbranched alkanes of at least 4 members (excludes halogenated alkanes) is 1. The molecule has 0 radical (unpaired) electrons. The van der Waals surface area contributed by atoms with E-state index >= 15 is 0 Å². The van der Waals surface area contributed by atoms with E-state index in [2.05, 4.69) is 10.1 Å². The molecule has 0 bridgehead atoms. The van der Waals surface area contributed by atoms with Crippen LogP contribution in [0.5, 0.6) is 0 Å². The zero-order valence-electron chi connectivity index (χ0n) is 17.0. The summed E-state index contributed by atoms with van der Waals surface area (Å²) in [4.78, 5) is 51.0. The highest BCUT2D eigenvalue weighted by Crippen LogP contribution is 2.07. The van der Waals surface area contributed by atoms with Gasteiger partial charge < -0.3 is 32.8 Å². The van der Waals surface area contributed by atoms with E-state index < -0.39 is 23.9 Å². The number of aliphatic carboxylic acids is 1. The number of carboxylic acid groups (broad SMARTS) is 1. The lowest BCUT2D eigenvalue weighted by molar-refractivity contribution is -0.152. The summed E-state index contributed by atoms with van der Waals surface area (Å²) >= 11 is 0. The molecule has 1 amide bonds. The summed E-state index contributed by atoms with van der Waals surface area (Å²) < 4.78 is 4.08. The van der Waals surface area contributed by atoms with Gasteiger partial charge in [-0.05, 0) is 43.7 Å². The highest BCUT2D eigenvalue weighted by Gasteiger charge is 2.19. The maximum atomic E-state index is 10.6. The molecule has 11 heteroatoms. The molecule has 1 saturated heterocycles. The van der Waals surface area contributed by atoms with Gasteiger partial charge in [-0.2, -0.15) is 0 Å². The number of ether oxygens (including phenoxy) is 1. The third-order valence-corrected chi connectivity index (χ3v) is 3.41. The molecule has 168 valence electrons. The molecule has 1 aliphatic rings. The number of cyclic esters (lactones) is 2. The molecule has 0 aliphatic carbocycles. The van der Waals surface area contributed by atoms with E-state index in [4.69, 9.17) is 16.6 Å². The van der Waals surface area contributed by atoms with Crippen molar-refractivity contribution < 1.29 is 33.8 Å². The Hall–Kier alpha value is -3.15. The Labute approximate surface area is 174 Å². The average Bonchev–Trinajstić information content (AvgIpc) is 3.05. The number of hydrogen-bond acceptors (Lipinski definition) is 9. The third-order valence-electron chi connectivity index (χ3n) is 3.41. The average molecular weight is 426 g/mol. The van der Waals surface area contributed by atoms with E-state index in [-0.39, 0.29) is 24.9 Å². The van der Waals surface area contributed by atoms with E-state index in [0.29, 0.717) is 24.2 Å². The summed E-state index contributed by atoms with van der Waals surface area (Å²) in [6, 6.07) is 5.96. The Balaban J connectivity index is 0. The highest BCUT2D eigenvalue weighted by molar-refractivity contribution is 5.92. The van der Waals surface area contributed by atoms with Crippen LogP contribution in [0, 0.1) is 0 Å². The quantitative estimate of drug-likeness (QED) is 0.180. The number of hydrogen-bond donors (Lipinski definition) is 5. The Morgan fingerprint density at radius 2 is 1.70 bits per heavy atom. The van der Waals surface area contributed by atoms with Crippen molar-refractivity contribution >= 4 is 35.8 Å². The third kappa shape index (κ3) is 14.9. The lowest BCUT2D eigenvalue weighted by Crippen LogP contribution is -2.29. The highest BCUT2D eigenvalue weighted by atomic mass is 16.6. The number of rotatable bonds is 7. The first-order valence-corrected chi connectivity index (χ1v) is 8.94. The van der Waals surface area contributed by atoms with Crippen LogP contribution in [0.2, 0.25) is 0 Å². The zero-order chi connectivity index (χ0) is 22.2. The minimum Gasteiger partial charge on any atom is -0.480 e. The van der Waals surface area contributed by atoms with Crippen molar-refractivity contribution in [2.45, 2.75) is 45.1 Å². The fourth-order valence-electron chi connectivity index (χ4n) is 1.91. The molecule has 0 spiro atoms. The topological polar surface area (TPSA) is 214 Å². The largest absolute Gasteiger partial charge is 0.480 e. The number of carbonyl (C=O) groups is 5. The molecule has 1 heterocycles. The first kappa shape index (κ1) is 29.1. The summed E-state index contributed by atoms with van der Waals surface area (Å²) in [6.07, 6.45) is 3.45. The van der Waals surface area contributed by atoms with Crippen molar-refractivity contribution in [2.24, 2.45) is 11.5 Å². The number of benzene rings is 1. The number of anilines is 1.